The normalized spacial score (nSPS) is 16.6. The van der Waals surface area contributed by atoms with E-state index in [0.29, 0.717) is 16.8 Å². The lowest BCUT2D eigenvalue weighted by Crippen LogP contribution is -2.35. The molecule has 9 heteroatoms. The number of benzene rings is 1. The molecule has 4 heterocycles. The zero-order valence-electron chi connectivity index (χ0n) is 18.9. The van der Waals surface area contributed by atoms with Crippen LogP contribution in [0.4, 0.5) is 0 Å². The minimum atomic E-state index is -0.447. The monoisotopic (exact) mass is 470 g/mol. The minimum absolute atomic E-state index is 0.00672. The van der Waals surface area contributed by atoms with Crippen molar-refractivity contribution in [3.05, 3.63) is 82.9 Å². The molecule has 1 N–H and O–H groups in total. The third-order valence-electron chi connectivity index (χ3n) is 5.54. The zero-order chi connectivity index (χ0) is 23.8. The standard InChI is InChI=1S/C25H22N6O2S/c1-4-33-20-9-7-19(8-10-20)30-15(2)12-18(16(30)3)13-21-22(26)31-25(28-23(21)32)34-24(29-31)17-6-5-11-27-14-17/h5-14,26H,4H2,1-3H3. The van der Waals surface area contributed by atoms with Gasteiger partial charge in [0.25, 0.3) is 5.91 Å². The molecule has 0 bridgehead atoms. The first-order valence-electron chi connectivity index (χ1n) is 10.8. The summed E-state index contributed by atoms with van der Waals surface area (Å²) in [5.41, 5.74) is 4.83. The first-order valence-corrected chi connectivity index (χ1v) is 11.6. The number of nitrogens with one attached hydrogen (secondary N) is 1. The van der Waals surface area contributed by atoms with Crippen LogP contribution in [0.5, 0.6) is 5.75 Å². The van der Waals surface area contributed by atoms with Crippen LogP contribution in [0.2, 0.25) is 0 Å². The molecule has 0 unspecified atom stereocenters. The van der Waals surface area contributed by atoms with Crippen molar-refractivity contribution in [3.63, 3.8) is 0 Å². The number of pyridine rings is 1. The zero-order valence-corrected chi connectivity index (χ0v) is 19.8. The number of thioether (sulfide) groups is 1. The van der Waals surface area contributed by atoms with Crippen molar-refractivity contribution < 1.29 is 9.53 Å². The second-order valence-corrected chi connectivity index (χ2v) is 8.71. The number of hydrazone groups is 1. The van der Waals surface area contributed by atoms with Gasteiger partial charge in [-0.05, 0) is 86.6 Å². The molecular weight excluding hydrogens is 448 g/mol. The van der Waals surface area contributed by atoms with Crippen molar-refractivity contribution in [1.29, 1.82) is 5.41 Å². The van der Waals surface area contributed by atoms with E-state index in [0.717, 1.165) is 34.0 Å². The number of hydrogen-bond acceptors (Lipinski definition) is 6. The van der Waals surface area contributed by atoms with Gasteiger partial charge < -0.3 is 9.30 Å². The summed E-state index contributed by atoms with van der Waals surface area (Å²) in [5.74, 6) is 0.380. The number of fused-ring (bicyclic) bond motifs is 1. The van der Waals surface area contributed by atoms with Gasteiger partial charge in [0.1, 0.15) is 10.8 Å². The molecule has 1 amide bonds. The van der Waals surface area contributed by atoms with E-state index < -0.39 is 5.91 Å². The maximum Gasteiger partial charge on any atom is 0.283 e. The molecule has 0 atom stereocenters. The Balaban J connectivity index is 1.48. The average Bonchev–Trinajstić information content (AvgIpc) is 3.38. The highest BCUT2D eigenvalue weighted by Gasteiger charge is 2.36. The fourth-order valence-electron chi connectivity index (χ4n) is 3.94. The van der Waals surface area contributed by atoms with E-state index in [1.54, 1.807) is 18.5 Å². The quantitative estimate of drug-likeness (QED) is 0.552. The molecule has 0 fully saturated rings. The molecule has 8 nitrogen and oxygen atoms in total. The SMILES string of the molecule is CCOc1ccc(-n2c(C)cc(C=C3C(=N)N4N=C(c5cccnc5)SC4=NC3=O)c2C)cc1. The topological polar surface area (TPSA) is 95.9 Å². The molecular formula is C25H22N6O2S. The number of ether oxygens (including phenoxy) is 1. The number of aliphatic imine (C=N–C) groups is 1. The fraction of sp³-hybridized carbons (Fsp3) is 0.160. The van der Waals surface area contributed by atoms with Gasteiger partial charge in [-0.2, -0.15) is 15.1 Å². The molecule has 2 aromatic heterocycles. The van der Waals surface area contributed by atoms with Crippen LogP contribution in [0.1, 0.15) is 29.4 Å². The van der Waals surface area contributed by atoms with Gasteiger partial charge in [-0.1, -0.05) is 0 Å². The molecule has 170 valence electrons. The summed E-state index contributed by atoms with van der Waals surface area (Å²) in [7, 11) is 0. The van der Waals surface area contributed by atoms with Crippen LogP contribution in [-0.4, -0.2) is 43.1 Å². The van der Waals surface area contributed by atoms with E-state index in [1.807, 2.05) is 63.2 Å². The van der Waals surface area contributed by atoms with Crippen LogP contribution in [0, 0.1) is 19.3 Å². The van der Waals surface area contributed by atoms with Crippen LogP contribution in [-0.2, 0) is 4.79 Å². The number of hydrogen-bond donors (Lipinski definition) is 1. The van der Waals surface area contributed by atoms with Gasteiger partial charge >= 0.3 is 0 Å². The second kappa shape index (κ2) is 8.75. The summed E-state index contributed by atoms with van der Waals surface area (Å²) in [6.45, 7) is 6.58. The van der Waals surface area contributed by atoms with E-state index >= 15 is 0 Å². The Kier molecular flexibility index (Phi) is 5.62. The Morgan fingerprint density at radius 1 is 1.18 bits per heavy atom. The number of rotatable bonds is 5. The summed E-state index contributed by atoms with van der Waals surface area (Å²) in [5, 5.41) is 15.6. The van der Waals surface area contributed by atoms with E-state index in [2.05, 4.69) is 19.6 Å². The predicted octanol–water partition coefficient (Wildman–Crippen LogP) is 4.56. The van der Waals surface area contributed by atoms with Crippen LogP contribution in [0.25, 0.3) is 11.8 Å². The third-order valence-corrected chi connectivity index (χ3v) is 6.50. The number of nitrogens with zero attached hydrogens (tertiary/aromatic N) is 5. The fourth-order valence-corrected chi connectivity index (χ4v) is 4.82. The largest absolute Gasteiger partial charge is 0.494 e. The maximum atomic E-state index is 12.8. The number of amidine groups is 2. The Bertz CT molecular complexity index is 1390. The lowest BCUT2D eigenvalue weighted by molar-refractivity contribution is -0.114. The maximum absolute atomic E-state index is 12.8. The van der Waals surface area contributed by atoms with Crippen molar-refractivity contribution >= 4 is 39.8 Å². The third kappa shape index (κ3) is 3.84. The van der Waals surface area contributed by atoms with Gasteiger partial charge in [0.2, 0.25) is 5.17 Å². The molecule has 0 saturated heterocycles. The van der Waals surface area contributed by atoms with E-state index in [-0.39, 0.29) is 11.4 Å². The highest BCUT2D eigenvalue weighted by atomic mass is 32.2. The highest BCUT2D eigenvalue weighted by Crippen LogP contribution is 2.31. The number of carbonyl (C=O) groups is 1. The van der Waals surface area contributed by atoms with Crippen LogP contribution in [0.3, 0.4) is 0 Å². The van der Waals surface area contributed by atoms with Gasteiger partial charge in [-0.15, -0.1) is 0 Å². The first kappa shape index (κ1) is 21.8. The first-order chi connectivity index (χ1) is 16.5. The smallest absolute Gasteiger partial charge is 0.283 e. The summed E-state index contributed by atoms with van der Waals surface area (Å²) in [4.78, 5) is 21.2. The van der Waals surface area contributed by atoms with Crippen molar-refractivity contribution in [1.82, 2.24) is 14.6 Å². The Labute approximate surface area is 201 Å². The summed E-state index contributed by atoms with van der Waals surface area (Å²) >= 11 is 1.26. The Morgan fingerprint density at radius 2 is 1.97 bits per heavy atom. The van der Waals surface area contributed by atoms with E-state index in [1.165, 1.54) is 16.8 Å². The highest BCUT2D eigenvalue weighted by molar-refractivity contribution is 8.27. The van der Waals surface area contributed by atoms with Gasteiger partial charge in [-0.25, -0.2) is 0 Å². The molecule has 34 heavy (non-hydrogen) atoms. The van der Waals surface area contributed by atoms with Crippen LogP contribution in [0.15, 0.2) is 70.5 Å². The summed E-state index contributed by atoms with van der Waals surface area (Å²) in [6, 6.07) is 13.6. The summed E-state index contributed by atoms with van der Waals surface area (Å²) < 4.78 is 7.65. The van der Waals surface area contributed by atoms with Crippen LogP contribution >= 0.6 is 11.8 Å². The molecule has 3 aromatic rings. The number of aromatic nitrogens is 2. The molecule has 0 aliphatic carbocycles. The Morgan fingerprint density at radius 3 is 2.68 bits per heavy atom. The number of amides is 1. The number of carbonyl (C=O) groups excluding carboxylic acids is 1. The molecule has 1 aromatic carbocycles. The van der Waals surface area contributed by atoms with E-state index in [9.17, 15) is 4.79 Å². The lowest BCUT2D eigenvalue weighted by Gasteiger charge is -2.20. The molecule has 5 rings (SSSR count). The molecule has 2 aliphatic rings. The molecule has 0 saturated carbocycles. The molecule has 2 aliphatic heterocycles. The van der Waals surface area contributed by atoms with Crippen molar-refractivity contribution in [2.75, 3.05) is 6.61 Å². The van der Waals surface area contributed by atoms with Gasteiger partial charge in [0, 0.05) is 35.0 Å². The van der Waals surface area contributed by atoms with E-state index in [4.69, 9.17) is 10.1 Å². The van der Waals surface area contributed by atoms with Crippen molar-refractivity contribution in [2.24, 2.45) is 10.1 Å². The van der Waals surface area contributed by atoms with Crippen molar-refractivity contribution in [3.8, 4) is 11.4 Å². The lowest BCUT2D eigenvalue weighted by atomic mass is 10.1. The molecule has 0 radical (unpaired) electrons. The van der Waals surface area contributed by atoms with Gasteiger partial charge in [-0.3, -0.25) is 15.2 Å². The predicted molar refractivity (Wildman–Crippen MR) is 135 cm³/mol. The second-order valence-electron chi connectivity index (χ2n) is 7.76. The average molecular weight is 471 g/mol. The number of aryl methyl sites for hydroxylation is 1. The van der Waals surface area contributed by atoms with Gasteiger partial charge in [0.05, 0.1) is 12.2 Å². The van der Waals surface area contributed by atoms with Gasteiger partial charge in [0.15, 0.2) is 5.84 Å². The minimum Gasteiger partial charge on any atom is -0.494 e. The molecule has 0 spiro atoms. The van der Waals surface area contributed by atoms with Crippen molar-refractivity contribution in [2.45, 2.75) is 20.8 Å². The Hall–Kier alpha value is -3.98. The van der Waals surface area contributed by atoms with Crippen LogP contribution < -0.4 is 4.74 Å². The summed E-state index contributed by atoms with van der Waals surface area (Å²) in [6.07, 6.45) is 5.11.